The molecule has 3 rings (SSSR count). The smallest absolute Gasteiger partial charge is 0.238 e. The summed E-state index contributed by atoms with van der Waals surface area (Å²) in [5.74, 6) is 0.0399. The van der Waals surface area contributed by atoms with Gasteiger partial charge in [-0.2, -0.15) is 0 Å². The first kappa shape index (κ1) is 17.1. The Morgan fingerprint density at radius 1 is 1.12 bits per heavy atom. The number of rotatable bonds is 6. The van der Waals surface area contributed by atoms with Crippen LogP contribution in [0.4, 0.5) is 0 Å². The number of benzene rings is 2. The van der Waals surface area contributed by atoms with Gasteiger partial charge in [0.05, 0.1) is 12.1 Å². The molecular formula is C20H23NO2S. The second kappa shape index (κ2) is 8.36. The Kier molecular flexibility index (Phi) is 5.94. The first-order chi connectivity index (χ1) is 11.7. The Morgan fingerprint density at radius 3 is 2.42 bits per heavy atom. The SMILES string of the molecule is C[C@H](NC(=O)[C@H](Sc1ccccc1)c1ccccc1)[C@@H]1CCCO1. The lowest BCUT2D eigenvalue weighted by atomic mass is 10.1. The van der Waals surface area contributed by atoms with Crippen LogP contribution in [0, 0.1) is 0 Å². The molecule has 1 saturated heterocycles. The van der Waals surface area contributed by atoms with Crippen molar-refractivity contribution in [3.8, 4) is 0 Å². The van der Waals surface area contributed by atoms with Crippen molar-refractivity contribution in [1.82, 2.24) is 5.32 Å². The third-order valence-corrected chi connectivity index (χ3v) is 5.50. The van der Waals surface area contributed by atoms with Crippen LogP contribution in [-0.4, -0.2) is 24.7 Å². The topological polar surface area (TPSA) is 38.3 Å². The average molecular weight is 341 g/mol. The maximum Gasteiger partial charge on any atom is 0.238 e. The van der Waals surface area contributed by atoms with Crippen molar-refractivity contribution in [2.24, 2.45) is 0 Å². The summed E-state index contributed by atoms with van der Waals surface area (Å²) in [5.41, 5.74) is 1.02. The Balaban J connectivity index is 1.74. The predicted octanol–water partition coefficient (Wildman–Crippen LogP) is 4.20. The summed E-state index contributed by atoms with van der Waals surface area (Å²) in [7, 11) is 0. The highest BCUT2D eigenvalue weighted by molar-refractivity contribution is 8.00. The highest BCUT2D eigenvalue weighted by Crippen LogP contribution is 2.35. The summed E-state index contributed by atoms with van der Waals surface area (Å²) in [5, 5.41) is 2.89. The van der Waals surface area contributed by atoms with E-state index in [0.717, 1.165) is 29.9 Å². The molecule has 2 aromatic rings. The summed E-state index contributed by atoms with van der Waals surface area (Å²) in [6, 6.07) is 20.0. The zero-order chi connectivity index (χ0) is 16.8. The molecule has 1 amide bonds. The van der Waals surface area contributed by atoms with Gasteiger partial charge in [0, 0.05) is 11.5 Å². The van der Waals surface area contributed by atoms with E-state index >= 15 is 0 Å². The third-order valence-electron chi connectivity index (χ3n) is 4.23. The van der Waals surface area contributed by atoms with Crippen LogP contribution in [0.5, 0.6) is 0 Å². The second-order valence-corrected chi connectivity index (χ2v) is 7.25. The van der Waals surface area contributed by atoms with Gasteiger partial charge in [-0.25, -0.2) is 0 Å². The largest absolute Gasteiger partial charge is 0.376 e. The number of carbonyl (C=O) groups is 1. The molecule has 0 bridgehead atoms. The van der Waals surface area contributed by atoms with Gasteiger partial charge < -0.3 is 10.1 Å². The third kappa shape index (κ3) is 4.40. The second-order valence-electron chi connectivity index (χ2n) is 6.07. The predicted molar refractivity (Wildman–Crippen MR) is 98.1 cm³/mol. The van der Waals surface area contributed by atoms with Crippen molar-refractivity contribution in [2.75, 3.05) is 6.61 Å². The van der Waals surface area contributed by atoms with Gasteiger partial charge in [0.1, 0.15) is 5.25 Å². The van der Waals surface area contributed by atoms with Crippen LogP contribution >= 0.6 is 11.8 Å². The lowest BCUT2D eigenvalue weighted by Crippen LogP contribution is -2.42. The van der Waals surface area contributed by atoms with Crippen LogP contribution in [0.2, 0.25) is 0 Å². The van der Waals surface area contributed by atoms with Crippen LogP contribution in [0.1, 0.15) is 30.6 Å². The van der Waals surface area contributed by atoms with Crippen LogP contribution in [0.15, 0.2) is 65.6 Å². The fourth-order valence-corrected chi connectivity index (χ4v) is 3.98. The lowest BCUT2D eigenvalue weighted by Gasteiger charge is -2.23. The molecule has 1 aliphatic heterocycles. The molecule has 0 spiro atoms. The van der Waals surface area contributed by atoms with Gasteiger partial charge in [-0.1, -0.05) is 48.5 Å². The van der Waals surface area contributed by atoms with E-state index in [1.165, 1.54) is 0 Å². The van der Waals surface area contributed by atoms with E-state index in [0.29, 0.717) is 0 Å². The molecule has 1 N–H and O–H groups in total. The Morgan fingerprint density at radius 2 is 1.79 bits per heavy atom. The molecule has 2 aromatic carbocycles. The fraction of sp³-hybridized carbons (Fsp3) is 0.350. The normalized spacial score (nSPS) is 19.6. The lowest BCUT2D eigenvalue weighted by molar-refractivity contribution is -0.122. The van der Waals surface area contributed by atoms with E-state index in [-0.39, 0.29) is 23.3 Å². The van der Waals surface area contributed by atoms with Gasteiger partial charge >= 0.3 is 0 Å². The van der Waals surface area contributed by atoms with Crippen LogP contribution in [-0.2, 0) is 9.53 Å². The molecule has 1 heterocycles. The molecule has 4 heteroatoms. The van der Waals surface area contributed by atoms with Gasteiger partial charge in [0.2, 0.25) is 5.91 Å². The minimum absolute atomic E-state index is 0.0302. The van der Waals surface area contributed by atoms with Gasteiger partial charge in [-0.05, 0) is 37.5 Å². The molecule has 1 aliphatic rings. The first-order valence-electron chi connectivity index (χ1n) is 8.42. The number of nitrogens with one attached hydrogen (secondary N) is 1. The van der Waals surface area contributed by atoms with Crippen molar-refractivity contribution in [1.29, 1.82) is 0 Å². The molecular weight excluding hydrogens is 318 g/mol. The molecule has 0 saturated carbocycles. The summed E-state index contributed by atoms with van der Waals surface area (Å²) in [6.07, 6.45) is 2.22. The first-order valence-corrected chi connectivity index (χ1v) is 9.30. The van der Waals surface area contributed by atoms with Crippen LogP contribution in [0.3, 0.4) is 0 Å². The summed E-state index contributed by atoms with van der Waals surface area (Å²) in [6.45, 7) is 2.83. The maximum atomic E-state index is 12.9. The van der Waals surface area contributed by atoms with Gasteiger partial charge in [-0.3, -0.25) is 4.79 Å². The van der Waals surface area contributed by atoms with Gasteiger partial charge in [-0.15, -0.1) is 11.8 Å². The van der Waals surface area contributed by atoms with E-state index in [2.05, 4.69) is 5.32 Å². The Labute approximate surface area is 147 Å². The highest BCUT2D eigenvalue weighted by Gasteiger charge is 2.28. The molecule has 0 aliphatic carbocycles. The number of ether oxygens (including phenoxy) is 1. The van der Waals surface area contributed by atoms with Gasteiger partial charge in [0.25, 0.3) is 0 Å². The quantitative estimate of drug-likeness (QED) is 0.800. The van der Waals surface area contributed by atoms with E-state index < -0.39 is 0 Å². The zero-order valence-corrected chi connectivity index (χ0v) is 14.7. The van der Waals surface area contributed by atoms with Crippen LogP contribution in [0.25, 0.3) is 0 Å². The Bertz CT molecular complexity index is 641. The maximum absolute atomic E-state index is 12.9. The van der Waals surface area contributed by atoms with E-state index in [9.17, 15) is 4.79 Å². The minimum atomic E-state index is -0.266. The molecule has 0 aromatic heterocycles. The van der Waals surface area contributed by atoms with Gasteiger partial charge in [0.15, 0.2) is 0 Å². The van der Waals surface area contributed by atoms with Crippen molar-refractivity contribution in [3.05, 3.63) is 66.2 Å². The summed E-state index contributed by atoms with van der Waals surface area (Å²) < 4.78 is 5.70. The van der Waals surface area contributed by atoms with E-state index in [4.69, 9.17) is 4.74 Å². The molecule has 0 radical (unpaired) electrons. The molecule has 1 fully saturated rings. The van der Waals surface area contributed by atoms with E-state index in [1.807, 2.05) is 67.6 Å². The molecule has 126 valence electrons. The highest BCUT2D eigenvalue weighted by atomic mass is 32.2. The van der Waals surface area contributed by atoms with Crippen molar-refractivity contribution >= 4 is 17.7 Å². The summed E-state index contributed by atoms with van der Waals surface area (Å²) in [4.78, 5) is 14.0. The number of thioether (sulfide) groups is 1. The monoisotopic (exact) mass is 341 g/mol. The van der Waals surface area contributed by atoms with E-state index in [1.54, 1.807) is 11.8 Å². The molecule has 0 unspecified atom stereocenters. The number of carbonyl (C=O) groups excluding carboxylic acids is 1. The number of hydrogen-bond donors (Lipinski definition) is 1. The van der Waals surface area contributed by atoms with Crippen molar-refractivity contribution < 1.29 is 9.53 Å². The zero-order valence-electron chi connectivity index (χ0n) is 13.9. The Hall–Kier alpha value is -1.78. The summed E-state index contributed by atoms with van der Waals surface area (Å²) >= 11 is 1.58. The average Bonchev–Trinajstić information content (AvgIpc) is 3.16. The van der Waals surface area contributed by atoms with Crippen LogP contribution < -0.4 is 5.32 Å². The molecule has 3 atom stereocenters. The number of hydrogen-bond acceptors (Lipinski definition) is 3. The fourth-order valence-electron chi connectivity index (χ4n) is 2.93. The number of amides is 1. The van der Waals surface area contributed by atoms with Crippen molar-refractivity contribution in [3.63, 3.8) is 0 Å². The standard InChI is InChI=1S/C20H23NO2S/c1-15(18-13-8-14-23-18)21-20(22)19(16-9-4-2-5-10-16)24-17-11-6-3-7-12-17/h2-7,9-12,15,18-19H,8,13-14H2,1H3,(H,21,22)/t15-,18-,19+/m0/s1. The molecule has 3 nitrogen and oxygen atoms in total. The molecule has 24 heavy (non-hydrogen) atoms. The minimum Gasteiger partial charge on any atom is -0.376 e. The van der Waals surface area contributed by atoms with Crippen molar-refractivity contribution in [2.45, 2.75) is 42.1 Å².